The van der Waals surface area contributed by atoms with Crippen LogP contribution in [0.15, 0.2) is 36.4 Å². The first-order chi connectivity index (χ1) is 13.0. The predicted molar refractivity (Wildman–Crippen MR) is 117 cm³/mol. The highest BCUT2D eigenvalue weighted by molar-refractivity contribution is 7.80. The zero-order valence-corrected chi connectivity index (χ0v) is 17.0. The molecule has 1 unspecified atom stereocenters. The third-order valence-corrected chi connectivity index (χ3v) is 5.87. The smallest absolute Gasteiger partial charge is 0.173 e. The molecule has 0 amide bonds. The van der Waals surface area contributed by atoms with Crippen molar-refractivity contribution in [3.8, 4) is 0 Å². The van der Waals surface area contributed by atoms with E-state index in [1.807, 2.05) is 0 Å². The summed E-state index contributed by atoms with van der Waals surface area (Å²) in [5.74, 6) is 1.46. The Kier molecular flexibility index (Phi) is 4.87. The van der Waals surface area contributed by atoms with E-state index in [1.54, 1.807) is 0 Å². The number of rotatable bonds is 2. The molecule has 2 heterocycles. The summed E-state index contributed by atoms with van der Waals surface area (Å²) < 4.78 is 0. The third-order valence-electron chi connectivity index (χ3n) is 5.51. The van der Waals surface area contributed by atoms with E-state index in [2.05, 4.69) is 72.4 Å². The largest absolute Gasteiger partial charge is 0.348 e. The van der Waals surface area contributed by atoms with E-state index in [4.69, 9.17) is 17.2 Å². The molecule has 1 aliphatic heterocycles. The molecule has 2 N–H and O–H groups in total. The summed E-state index contributed by atoms with van der Waals surface area (Å²) in [6.45, 7) is 8.27. The van der Waals surface area contributed by atoms with Crippen LogP contribution in [0.5, 0.6) is 0 Å². The van der Waals surface area contributed by atoms with Crippen LogP contribution in [-0.4, -0.2) is 33.1 Å². The number of aryl methyl sites for hydroxylation is 3. The van der Waals surface area contributed by atoms with Gasteiger partial charge in [0.15, 0.2) is 5.11 Å². The van der Waals surface area contributed by atoms with Gasteiger partial charge in [0.25, 0.3) is 0 Å². The summed E-state index contributed by atoms with van der Waals surface area (Å²) in [5.41, 5.74) is 7.07. The first kappa shape index (κ1) is 18.0. The Hall–Kier alpha value is -2.40. The Morgan fingerprint density at radius 3 is 2.67 bits per heavy atom. The number of likely N-dealkylation sites (tertiary alicyclic amines) is 1. The number of H-pyrrole nitrogens is 1. The Morgan fingerprint density at radius 1 is 1.15 bits per heavy atom. The SMILES string of the molecule is Cc1ccc(NC(=S)N2CCCC(c3nc4cc(C)c(C)cc4[nH]3)C2)cc1. The van der Waals surface area contributed by atoms with Crippen molar-refractivity contribution >= 4 is 34.1 Å². The molecule has 0 saturated carbocycles. The fourth-order valence-electron chi connectivity index (χ4n) is 3.71. The van der Waals surface area contributed by atoms with Gasteiger partial charge in [-0.05, 0) is 81.2 Å². The summed E-state index contributed by atoms with van der Waals surface area (Å²) in [7, 11) is 0. The summed E-state index contributed by atoms with van der Waals surface area (Å²) in [4.78, 5) is 10.7. The van der Waals surface area contributed by atoms with Gasteiger partial charge in [0.05, 0.1) is 11.0 Å². The number of aromatic nitrogens is 2. The van der Waals surface area contributed by atoms with E-state index in [1.165, 1.54) is 16.7 Å². The normalized spacial score (nSPS) is 17.3. The van der Waals surface area contributed by atoms with Crippen molar-refractivity contribution in [3.05, 3.63) is 58.9 Å². The number of nitrogens with one attached hydrogen (secondary N) is 2. The van der Waals surface area contributed by atoms with Gasteiger partial charge in [-0.25, -0.2) is 4.98 Å². The maximum atomic E-state index is 5.67. The number of piperidine rings is 1. The van der Waals surface area contributed by atoms with Crippen molar-refractivity contribution in [2.45, 2.75) is 39.5 Å². The van der Waals surface area contributed by atoms with Gasteiger partial charge in [-0.1, -0.05) is 17.7 Å². The van der Waals surface area contributed by atoms with Crippen LogP contribution in [0.1, 0.15) is 41.3 Å². The maximum absolute atomic E-state index is 5.67. The number of fused-ring (bicyclic) bond motifs is 1. The van der Waals surface area contributed by atoms with E-state index in [0.717, 1.165) is 53.6 Å². The van der Waals surface area contributed by atoms with Gasteiger partial charge >= 0.3 is 0 Å². The van der Waals surface area contributed by atoms with Gasteiger partial charge in [0.1, 0.15) is 5.82 Å². The number of nitrogens with zero attached hydrogens (tertiary/aromatic N) is 2. The monoisotopic (exact) mass is 378 g/mol. The molecule has 1 fully saturated rings. The standard InChI is InChI=1S/C22H26N4S/c1-14-6-8-18(9-7-14)23-22(27)26-10-4-5-17(13-26)21-24-19-11-15(2)16(3)12-20(19)25-21/h6-9,11-12,17H,4-5,10,13H2,1-3H3,(H,23,27)(H,24,25). The number of imidazole rings is 1. The number of hydrogen-bond acceptors (Lipinski definition) is 2. The Labute approximate surface area is 166 Å². The highest BCUT2D eigenvalue weighted by atomic mass is 32.1. The highest BCUT2D eigenvalue weighted by Crippen LogP contribution is 2.28. The van der Waals surface area contributed by atoms with Crippen molar-refractivity contribution in [2.24, 2.45) is 0 Å². The lowest BCUT2D eigenvalue weighted by Crippen LogP contribution is -2.41. The van der Waals surface area contributed by atoms with Crippen molar-refractivity contribution in [1.82, 2.24) is 14.9 Å². The summed E-state index contributed by atoms with van der Waals surface area (Å²) >= 11 is 5.67. The number of anilines is 1. The molecule has 0 bridgehead atoms. The van der Waals surface area contributed by atoms with Gasteiger partial charge in [0, 0.05) is 24.7 Å². The quantitative estimate of drug-likeness (QED) is 0.612. The minimum atomic E-state index is 0.379. The highest BCUT2D eigenvalue weighted by Gasteiger charge is 2.25. The topological polar surface area (TPSA) is 44.0 Å². The fourth-order valence-corrected chi connectivity index (χ4v) is 3.99. The van der Waals surface area contributed by atoms with Gasteiger partial charge in [0.2, 0.25) is 0 Å². The summed E-state index contributed by atoms with van der Waals surface area (Å²) in [6, 6.07) is 12.7. The van der Waals surface area contributed by atoms with Crippen molar-refractivity contribution in [3.63, 3.8) is 0 Å². The lowest BCUT2D eigenvalue weighted by Gasteiger charge is -2.33. The lowest BCUT2D eigenvalue weighted by atomic mass is 9.98. The molecule has 4 rings (SSSR count). The number of hydrogen-bond donors (Lipinski definition) is 2. The molecule has 1 aliphatic rings. The van der Waals surface area contributed by atoms with Crippen LogP contribution in [0, 0.1) is 20.8 Å². The van der Waals surface area contributed by atoms with Crippen LogP contribution in [0.4, 0.5) is 5.69 Å². The van der Waals surface area contributed by atoms with Crippen LogP contribution in [0.25, 0.3) is 11.0 Å². The molecular weight excluding hydrogens is 352 g/mol. The molecule has 4 nitrogen and oxygen atoms in total. The van der Waals surface area contributed by atoms with Crippen molar-refractivity contribution in [2.75, 3.05) is 18.4 Å². The van der Waals surface area contributed by atoms with E-state index >= 15 is 0 Å². The van der Waals surface area contributed by atoms with Crippen LogP contribution in [0.3, 0.4) is 0 Å². The molecule has 140 valence electrons. The molecule has 3 aromatic rings. The molecular formula is C22H26N4S. The van der Waals surface area contributed by atoms with Gasteiger partial charge in [-0.15, -0.1) is 0 Å². The maximum Gasteiger partial charge on any atom is 0.173 e. The van der Waals surface area contributed by atoms with Gasteiger partial charge in [-0.2, -0.15) is 0 Å². The first-order valence-corrected chi connectivity index (χ1v) is 10.00. The molecule has 1 aromatic heterocycles. The van der Waals surface area contributed by atoms with Gasteiger partial charge < -0.3 is 15.2 Å². The van der Waals surface area contributed by atoms with E-state index in [-0.39, 0.29) is 0 Å². The molecule has 5 heteroatoms. The van der Waals surface area contributed by atoms with Crippen LogP contribution in [-0.2, 0) is 0 Å². The number of aromatic amines is 1. The fraction of sp³-hybridized carbons (Fsp3) is 0.364. The Morgan fingerprint density at radius 2 is 1.89 bits per heavy atom. The average Bonchev–Trinajstić information content (AvgIpc) is 3.07. The van der Waals surface area contributed by atoms with Crippen LogP contribution >= 0.6 is 12.2 Å². The second-order valence-corrected chi connectivity index (χ2v) is 8.04. The summed E-state index contributed by atoms with van der Waals surface area (Å²) in [6.07, 6.45) is 2.26. The summed E-state index contributed by atoms with van der Waals surface area (Å²) in [5, 5.41) is 4.18. The Balaban J connectivity index is 1.49. The molecule has 1 atom stereocenters. The van der Waals surface area contributed by atoms with Crippen LogP contribution < -0.4 is 5.32 Å². The predicted octanol–water partition coefficient (Wildman–Crippen LogP) is 5.06. The second kappa shape index (κ2) is 7.31. The molecule has 0 spiro atoms. The van der Waals surface area contributed by atoms with E-state index in [0.29, 0.717) is 5.92 Å². The van der Waals surface area contributed by atoms with E-state index < -0.39 is 0 Å². The second-order valence-electron chi connectivity index (χ2n) is 7.66. The molecule has 0 aliphatic carbocycles. The minimum Gasteiger partial charge on any atom is -0.348 e. The van der Waals surface area contributed by atoms with E-state index in [9.17, 15) is 0 Å². The molecule has 27 heavy (non-hydrogen) atoms. The van der Waals surface area contributed by atoms with Crippen molar-refractivity contribution in [1.29, 1.82) is 0 Å². The number of thiocarbonyl (C=S) groups is 1. The van der Waals surface area contributed by atoms with Crippen molar-refractivity contribution < 1.29 is 0 Å². The Bertz CT molecular complexity index is 935. The number of benzene rings is 2. The molecule has 2 aromatic carbocycles. The zero-order valence-electron chi connectivity index (χ0n) is 16.2. The average molecular weight is 379 g/mol. The van der Waals surface area contributed by atoms with Crippen LogP contribution in [0.2, 0.25) is 0 Å². The van der Waals surface area contributed by atoms with Gasteiger partial charge in [-0.3, -0.25) is 0 Å². The minimum absolute atomic E-state index is 0.379. The molecule has 0 radical (unpaired) electrons. The first-order valence-electron chi connectivity index (χ1n) is 9.59. The lowest BCUT2D eigenvalue weighted by molar-refractivity contribution is 0.307. The molecule has 1 saturated heterocycles. The third kappa shape index (κ3) is 3.83. The zero-order chi connectivity index (χ0) is 19.0.